The zero-order valence-electron chi connectivity index (χ0n) is 20.4. The Morgan fingerprint density at radius 1 is 0.882 bits per heavy atom. The molecule has 1 aliphatic heterocycles. The van der Waals surface area contributed by atoms with Gasteiger partial charge in [0.05, 0.1) is 11.9 Å². The number of rotatable bonds is 7. The van der Waals surface area contributed by atoms with Crippen LogP contribution < -0.4 is 5.32 Å². The molecule has 0 aliphatic carbocycles. The SMILES string of the molecule is CC[C@@H](C)c1ncc(-c2ccc3cc(-c4ccc(C5=CN=C([C@H](C)NC)C5)cc4)ccc3c2)[nH]1. The highest BCUT2D eigenvalue weighted by Gasteiger charge is 2.16. The molecule has 0 unspecified atom stereocenters. The molecule has 34 heavy (non-hydrogen) atoms. The fraction of sp³-hybridized carbons (Fsp3) is 0.267. The number of fused-ring (bicyclic) bond motifs is 1. The maximum Gasteiger partial charge on any atom is 0.109 e. The fourth-order valence-electron chi connectivity index (χ4n) is 4.45. The van der Waals surface area contributed by atoms with Gasteiger partial charge in [-0.05, 0) is 65.6 Å². The summed E-state index contributed by atoms with van der Waals surface area (Å²) < 4.78 is 0. The third kappa shape index (κ3) is 4.34. The lowest BCUT2D eigenvalue weighted by atomic mass is 9.96. The van der Waals surface area contributed by atoms with Crippen LogP contribution in [0.2, 0.25) is 0 Å². The molecule has 4 heteroatoms. The van der Waals surface area contributed by atoms with Crippen LogP contribution in [0, 0.1) is 0 Å². The van der Waals surface area contributed by atoms with E-state index in [-0.39, 0.29) is 0 Å². The minimum atomic E-state index is 0.307. The highest BCUT2D eigenvalue weighted by molar-refractivity contribution is 6.01. The number of benzene rings is 3. The zero-order valence-corrected chi connectivity index (χ0v) is 20.4. The van der Waals surface area contributed by atoms with Gasteiger partial charge < -0.3 is 10.3 Å². The Labute approximate surface area is 201 Å². The summed E-state index contributed by atoms with van der Waals surface area (Å²) in [7, 11) is 1.98. The first-order valence-corrected chi connectivity index (χ1v) is 12.2. The number of hydrogen-bond donors (Lipinski definition) is 2. The largest absolute Gasteiger partial charge is 0.342 e. The Hall–Kier alpha value is -3.50. The summed E-state index contributed by atoms with van der Waals surface area (Å²) in [5, 5.41) is 5.75. The second-order valence-corrected chi connectivity index (χ2v) is 9.31. The maximum absolute atomic E-state index is 4.61. The molecular weight excluding hydrogens is 416 g/mol. The quantitative estimate of drug-likeness (QED) is 0.314. The van der Waals surface area contributed by atoms with Crippen molar-refractivity contribution in [2.45, 2.75) is 45.6 Å². The summed E-state index contributed by atoms with van der Waals surface area (Å²) >= 11 is 0. The van der Waals surface area contributed by atoms with Gasteiger partial charge in [0, 0.05) is 35.9 Å². The lowest BCUT2D eigenvalue weighted by Gasteiger charge is -2.11. The van der Waals surface area contributed by atoms with Crippen molar-refractivity contribution in [1.29, 1.82) is 0 Å². The van der Waals surface area contributed by atoms with Crippen molar-refractivity contribution in [3.63, 3.8) is 0 Å². The summed E-state index contributed by atoms with van der Waals surface area (Å²) in [6.45, 7) is 6.55. The molecule has 4 nitrogen and oxygen atoms in total. The van der Waals surface area contributed by atoms with Gasteiger partial charge in [-0.25, -0.2) is 4.98 Å². The predicted molar refractivity (Wildman–Crippen MR) is 144 cm³/mol. The van der Waals surface area contributed by atoms with Gasteiger partial charge >= 0.3 is 0 Å². The van der Waals surface area contributed by atoms with Gasteiger partial charge in [-0.2, -0.15) is 0 Å². The van der Waals surface area contributed by atoms with Crippen molar-refractivity contribution in [2.24, 2.45) is 4.99 Å². The molecule has 2 atom stereocenters. The van der Waals surface area contributed by atoms with Gasteiger partial charge in [-0.1, -0.05) is 62.4 Å². The molecule has 0 spiro atoms. The van der Waals surface area contributed by atoms with Gasteiger partial charge in [0.2, 0.25) is 0 Å². The lowest BCUT2D eigenvalue weighted by molar-refractivity contribution is 0.689. The summed E-state index contributed by atoms with van der Waals surface area (Å²) in [4.78, 5) is 12.7. The maximum atomic E-state index is 4.61. The number of nitrogens with zero attached hydrogens (tertiary/aromatic N) is 2. The van der Waals surface area contributed by atoms with Crippen molar-refractivity contribution in [3.8, 4) is 22.4 Å². The normalized spacial score (nSPS) is 15.3. The summed E-state index contributed by atoms with van der Waals surface area (Å²) in [6, 6.07) is 22.5. The third-order valence-corrected chi connectivity index (χ3v) is 7.11. The summed E-state index contributed by atoms with van der Waals surface area (Å²) in [5.74, 6) is 1.50. The second kappa shape index (κ2) is 9.40. The van der Waals surface area contributed by atoms with Crippen LogP contribution in [-0.4, -0.2) is 28.8 Å². The number of allylic oxidation sites excluding steroid dienone is 1. The van der Waals surface area contributed by atoms with Crippen LogP contribution in [0.5, 0.6) is 0 Å². The number of aliphatic imine (C=N–C) groups is 1. The number of aromatic nitrogens is 2. The van der Waals surface area contributed by atoms with Gasteiger partial charge in [-0.3, -0.25) is 4.99 Å². The minimum absolute atomic E-state index is 0.307. The first-order chi connectivity index (χ1) is 16.6. The molecule has 0 bridgehead atoms. The van der Waals surface area contributed by atoms with E-state index in [0.717, 1.165) is 24.4 Å². The average molecular weight is 449 g/mol. The average Bonchev–Trinajstić information content (AvgIpc) is 3.58. The fourth-order valence-corrected chi connectivity index (χ4v) is 4.45. The van der Waals surface area contributed by atoms with Crippen LogP contribution in [0.25, 0.3) is 38.7 Å². The van der Waals surface area contributed by atoms with Crippen LogP contribution in [0.15, 0.2) is 78.1 Å². The third-order valence-electron chi connectivity index (χ3n) is 7.11. The highest BCUT2D eigenvalue weighted by atomic mass is 14.9. The number of hydrogen-bond acceptors (Lipinski definition) is 3. The Morgan fingerprint density at radius 2 is 1.53 bits per heavy atom. The molecule has 0 fully saturated rings. The Bertz CT molecular complexity index is 1370. The van der Waals surface area contributed by atoms with Crippen molar-refractivity contribution in [3.05, 3.63) is 84.4 Å². The Kier molecular flexibility index (Phi) is 6.16. The van der Waals surface area contributed by atoms with Crippen molar-refractivity contribution < 1.29 is 0 Å². The molecule has 0 saturated carbocycles. The molecule has 1 aliphatic rings. The van der Waals surface area contributed by atoms with Gasteiger partial charge in [0.15, 0.2) is 0 Å². The first kappa shape index (κ1) is 22.3. The van der Waals surface area contributed by atoms with E-state index in [4.69, 9.17) is 0 Å². The van der Waals surface area contributed by atoms with Crippen LogP contribution in [0.4, 0.5) is 0 Å². The van der Waals surface area contributed by atoms with E-state index < -0.39 is 0 Å². The molecule has 2 N–H and O–H groups in total. The zero-order chi connectivity index (χ0) is 23.7. The van der Waals surface area contributed by atoms with E-state index in [2.05, 4.69) is 102 Å². The summed E-state index contributed by atoms with van der Waals surface area (Å²) in [5.41, 5.74) is 8.43. The molecular formula is C30H32N4. The van der Waals surface area contributed by atoms with E-state index in [1.54, 1.807) is 0 Å². The lowest BCUT2D eigenvalue weighted by Crippen LogP contribution is -2.29. The molecule has 2 heterocycles. The number of imidazole rings is 1. The van der Waals surface area contributed by atoms with Crippen LogP contribution in [0.3, 0.4) is 0 Å². The Balaban J connectivity index is 1.35. The van der Waals surface area contributed by atoms with Crippen LogP contribution in [0.1, 0.15) is 50.9 Å². The molecule has 0 saturated heterocycles. The van der Waals surface area contributed by atoms with Gasteiger partial charge in [0.25, 0.3) is 0 Å². The summed E-state index contributed by atoms with van der Waals surface area (Å²) in [6.07, 6.45) is 5.95. The predicted octanol–water partition coefficient (Wildman–Crippen LogP) is 7.20. The molecule has 4 aromatic rings. The van der Waals surface area contributed by atoms with Crippen molar-refractivity contribution >= 4 is 22.1 Å². The van der Waals surface area contributed by atoms with Crippen molar-refractivity contribution in [1.82, 2.24) is 15.3 Å². The van der Waals surface area contributed by atoms with Crippen LogP contribution >= 0.6 is 0 Å². The van der Waals surface area contributed by atoms with E-state index >= 15 is 0 Å². The van der Waals surface area contributed by atoms with Crippen molar-refractivity contribution in [2.75, 3.05) is 7.05 Å². The number of nitrogens with one attached hydrogen (secondary N) is 2. The smallest absolute Gasteiger partial charge is 0.109 e. The van der Waals surface area contributed by atoms with E-state index in [1.165, 1.54) is 44.3 Å². The van der Waals surface area contributed by atoms with E-state index in [9.17, 15) is 0 Å². The second-order valence-electron chi connectivity index (χ2n) is 9.31. The van der Waals surface area contributed by atoms with Gasteiger partial charge in [0.1, 0.15) is 5.82 Å². The topological polar surface area (TPSA) is 53.1 Å². The first-order valence-electron chi connectivity index (χ1n) is 12.2. The van der Waals surface area contributed by atoms with E-state index in [0.29, 0.717) is 12.0 Å². The number of aromatic amines is 1. The van der Waals surface area contributed by atoms with Gasteiger partial charge in [-0.15, -0.1) is 0 Å². The number of H-pyrrole nitrogens is 1. The molecule has 1 aromatic heterocycles. The molecule has 0 amide bonds. The molecule has 0 radical (unpaired) electrons. The minimum Gasteiger partial charge on any atom is -0.342 e. The monoisotopic (exact) mass is 448 g/mol. The van der Waals surface area contributed by atoms with E-state index in [1.807, 2.05) is 19.4 Å². The standard InChI is InChI=1S/C30H32N4/c1-5-19(2)30-33-18-29(34-30)26-13-12-24-14-23(10-11-25(24)15-26)21-6-8-22(9-7-21)27-16-28(32-17-27)20(3)31-4/h6-15,17-20,31H,5,16H2,1-4H3,(H,33,34)/t19-,20+/m1/s1. The molecule has 5 rings (SSSR count). The molecule has 172 valence electrons. The Morgan fingerprint density at radius 3 is 2.24 bits per heavy atom. The van der Waals surface area contributed by atoms with Crippen LogP contribution in [-0.2, 0) is 0 Å². The highest BCUT2D eigenvalue weighted by Crippen LogP contribution is 2.31. The molecule has 3 aromatic carbocycles.